The molecule has 1 aromatic heterocycles. The van der Waals surface area contributed by atoms with Crippen LogP contribution in [0.5, 0.6) is 0 Å². The van der Waals surface area contributed by atoms with E-state index in [0.29, 0.717) is 12.1 Å². The van der Waals surface area contributed by atoms with Crippen molar-refractivity contribution in [2.75, 3.05) is 12.3 Å². The van der Waals surface area contributed by atoms with E-state index in [-0.39, 0.29) is 12.6 Å². The first-order valence-electron chi connectivity index (χ1n) is 3.81. The lowest BCUT2D eigenvalue weighted by molar-refractivity contribution is 0.276. The van der Waals surface area contributed by atoms with Gasteiger partial charge in [-0.2, -0.15) is 0 Å². The molecule has 66 valence electrons. The maximum absolute atomic E-state index is 8.65. The van der Waals surface area contributed by atoms with Crippen LogP contribution < -0.4 is 11.5 Å². The van der Waals surface area contributed by atoms with Crippen LogP contribution in [0.25, 0.3) is 0 Å². The van der Waals surface area contributed by atoms with E-state index >= 15 is 0 Å². The average molecular weight is 167 g/mol. The molecule has 0 fully saturated rings. The van der Waals surface area contributed by atoms with Crippen LogP contribution in [0.15, 0.2) is 18.5 Å². The molecule has 1 atom stereocenters. The Morgan fingerprint density at radius 2 is 2.33 bits per heavy atom. The number of hydrogen-bond acceptors (Lipinski definition) is 4. The van der Waals surface area contributed by atoms with Crippen LogP contribution in [0.4, 0.5) is 5.69 Å². The third-order valence-electron chi connectivity index (χ3n) is 1.73. The summed E-state index contributed by atoms with van der Waals surface area (Å²) in [5.41, 5.74) is 12.8. The monoisotopic (exact) mass is 167 g/mol. The second-order valence-corrected chi connectivity index (χ2v) is 2.62. The Kier molecular flexibility index (Phi) is 3.01. The molecule has 0 saturated carbocycles. The molecule has 5 N–H and O–H groups in total. The van der Waals surface area contributed by atoms with Gasteiger partial charge in [0.2, 0.25) is 0 Å². The predicted molar refractivity (Wildman–Crippen MR) is 47.3 cm³/mol. The topological polar surface area (TPSA) is 85.2 Å². The van der Waals surface area contributed by atoms with Crippen LogP contribution >= 0.6 is 0 Å². The lowest BCUT2D eigenvalue weighted by atomic mass is 10.1. The zero-order valence-electron chi connectivity index (χ0n) is 6.77. The molecule has 0 aliphatic heterocycles. The highest BCUT2D eigenvalue weighted by molar-refractivity contribution is 5.45. The van der Waals surface area contributed by atoms with Crippen molar-refractivity contribution < 1.29 is 5.11 Å². The summed E-state index contributed by atoms with van der Waals surface area (Å²) in [5, 5.41) is 8.65. The number of rotatable bonds is 3. The van der Waals surface area contributed by atoms with Crippen molar-refractivity contribution in [1.29, 1.82) is 0 Å². The van der Waals surface area contributed by atoms with E-state index in [9.17, 15) is 0 Å². The second kappa shape index (κ2) is 4.04. The molecule has 0 saturated heterocycles. The molecular formula is C8H13N3O. The number of aliphatic hydroxyl groups is 1. The number of aromatic nitrogens is 1. The maximum atomic E-state index is 8.65. The summed E-state index contributed by atoms with van der Waals surface area (Å²) < 4.78 is 0. The Labute approximate surface area is 71.2 Å². The molecule has 4 nitrogen and oxygen atoms in total. The van der Waals surface area contributed by atoms with Gasteiger partial charge < -0.3 is 16.6 Å². The summed E-state index contributed by atoms with van der Waals surface area (Å²) in [6, 6.07) is 1.58. The van der Waals surface area contributed by atoms with Crippen molar-refractivity contribution in [3.05, 3.63) is 24.0 Å². The molecular weight excluding hydrogens is 154 g/mol. The van der Waals surface area contributed by atoms with Gasteiger partial charge in [-0.15, -0.1) is 0 Å². The molecule has 0 aliphatic carbocycles. The van der Waals surface area contributed by atoms with Crippen LogP contribution in [0.1, 0.15) is 18.0 Å². The van der Waals surface area contributed by atoms with Crippen molar-refractivity contribution in [2.24, 2.45) is 5.73 Å². The average Bonchev–Trinajstić information content (AvgIpc) is 2.05. The van der Waals surface area contributed by atoms with Crippen LogP contribution in [0, 0.1) is 0 Å². The minimum absolute atomic E-state index is 0.0724. The molecule has 0 aromatic carbocycles. The fourth-order valence-electron chi connectivity index (χ4n) is 1.05. The molecule has 0 bridgehead atoms. The van der Waals surface area contributed by atoms with Crippen molar-refractivity contribution >= 4 is 5.69 Å². The summed E-state index contributed by atoms with van der Waals surface area (Å²) in [7, 11) is 0. The van der Waals surface area contributed by atoms with Gasteiger partial charge in [-0.25, -0.2) is 0 Å². The Bertz CT molecular complexity index is 252. The van der Waals surface area contributed by atoms with Crippen LogP contribution in [0.3, 0.4) is 0 Å². The van der Waals surface area contributed by atoms with Gasteiger partial charge >= 0.3 is 0 Å². The smallest absolute Gasteiger partial charge is 0.0549 e. The van der Waals surface area contributed by atoms with Crippen molar-refractivity contribution in [2.45, 2.75) is 12.5 Å². The van der Waals surface area contributed by atoms with Crippen molar-refractivity contribution in [3.8, 4) is 0 Å². The summed E-state index contributed by atoms with van der Waals surface area (Å²) in [6.45, 7) is 0.0724. The number of hydrogen-bond donors (Lipinski definition) is 3. The molecule has 12 heavy (non-hydrogen) atoms. The van der Waals surface area contributed by atoms with Gasteiger partial charge in [0, 0.05) is 18.8 Å². The van der Waals surface area contributed by atoms with Gasteiger partial charge in [-0.3, -0.25) is 4.98 Å². The second-order valence-electron chi connectivity index (χ2n) is 2.62. The summed E-state index contributed by atoms with van der Waals surface area (Å²) >= 11 is 0. The molecule has 0 radical (unpaired) electrons. The number of anilines is 1. The predicted octanol–water partition coefficient (Wildman–Crippen LogP) is 0.0460. The molecule has 0 amide bonds. The first-order valence-corrected chi connectivity index (χ1v) is 3.81. The molecule has 1 aromatic rings. The SMILES string of the molecule is Nc1cnccc1C(N)CCO. The van der Waals surface area contributed by atoms with E-state index in [1.165, 1.54) is 0 Å². The molecule has 4 heteroatoms. The lowest BCUT2D eigenvalue weighted by Gasteiger charge is -2.11. The fraction of sp³-hybridized carbons (Fsp3) is 0.375. The molecule has 0 aliphatic rings. The number of pyridine rings is 1. The number of aliphatic hydroxyl groups excluding tert-OH is 1. The van der Waals surface area contributed by atoms with Crippen molar-refractivity contribution in [3.63, 3.8) is 0 Å². The zero-order valence-corrected chi connectivity index (χ0v) is 6.77. The highest BCUT2D eigenvalue weighted by atomic mass is 16.3. The van der Waals surface area contributed by atoms with Gasteiger partial charge in [0.05, 0.1) is 11.9 Å². The maximum Gasteiger partial charge on any atom is 0.0549 e. The van der Waals surface area contributed by atoms with E-state index in [4.69, 9.17) is 16.6 Å². The number of nitrogen functional groups attached to an aromatic ring is 1. The van der Waals surface area contributed by atoms with Gasteiger partial charge in [0.15, 0.2) is 0 Å². The van der Waals surface area contributed by atoms with Crippen molar-refractivity contribution in [1.82, 2.24) is 4.98 Å². The Hall–Kier alpha value is -1.13. The lowest BCUT2D eigenvalue weighted by Crippen LogP contribution is -2.13. The highest BCUT2D eigenvalue weighted by Crippen LogP contribution is 2.18. The van der Waals surface area contributed by atoms with Gasteiger partial charge in [0.1, 0.15) is 0 Å². The van der Waals surface area contributed by atoms with E-state index in [0.717, 1.165) is 5.56 Å². The first kappa shape index (κ1) is 8.96. The van der Waals surface area contributed by atoms with E-state index < -0.39 is 0 Å². The highest BCUT2D eigenvalue weighted by Gasteiger charge is 2.07. The molecule has 1 heterocycles. The quantitative estimate of drug-likeness (QED) is 0.593. The van der Waals surface area contributed by atoms with E-state index in [1.807, 2.05) is 0 Å². The zero-order chi connectivity index (χ0) is 8.97. The normalized spacial score (nSPS) is 12.8. The Morgan fingerprint density at radius 1 is 1.58 bits per heavy atom. The van der Waals surface area contributed by atoms with Gasteiger partial charge in [-0.05, 0) is 18.1 Å². The van der Waals surface area contributed by atoms with Crippen LogP contribution in [0.2, 0.25) is 0 Å². The van der Waals surface area contributed by atoms with Crippen LogP contribution in [-0.2, 0) is 0 Å². The van der Waals surface area contributed by atoms with Gasteiger partial charge in [0.25, 0.3) is 0 Å². The van der Waals surface area contributed by atoms with E-state index in [2.05, 4.69) is 4.98 Å². The fourth-order valence-corrected chi connectivity index (χ4v) is 1.05. The largest absolute Gasteiger partial charge is 0.397 e. The molecule has 1 rings (SSSR count). The summed E-state index contributed by atoms with van der Waals surface area (Å²) in [6.07, 6.45) is 3.73. The minimum Gasteiger partial charge on any atom is -0.397 e. The molecule has 0 spiro atoms. The Morgan fingerprint density at radius 3 is 2.92 bits per heavy atom. The Balaban J connectivity index is 2.79. The van der Waals surface area contributed by atoms with E-state index in [1.54, 1.807) is 18.5 Å². The van der Waals surface area contributed by atoms with Crippen LogP contribution in [-0.4, -0.2) is 16.7 Å². The summed E-state index contributed by atoms with van der Waals surface area (Å²) in [5.74, 6) is 0. The first-order chi connectivity index (χ1) is 5.75. The summed E-state index contributed by atoms with van der Waals surface area (Å²) in [4.78, 5) is 3.84. The number of nitrogens with two attached hydrogens (primary N) is 2. The number of nitrogens with zero attached hydrogens (tertiary/aromatic N) is 1. The third kappa shape index (κ3) is 1.93. The molecule has 1 unspecified atom stereocenters. The third-order valence-corrected chi connectivity index (χ3v) is 1.73. The minimum atomic E-state index is -0.196. The standard InChI is InChI=1S/C8H13N3O/c9-7(2-4-12)6-1-3-11-5-8(6)10/h1,3,5,7,12H,2,4,9-10H2. The van der Waals surface area contributed by atoms with Gasteiger partial charge in [-0.1, -0.05) is 0 Å².